The van der Waals surface area contributed by atoms with Crippen molar-refractivity contribution in [2.45, 2.75) is 30.9 Å². The van der Waals surface area contributed by atoms with E-state index in [1.54, 1.807) is 11.3 Å². The molecule has 2 aromatic heterocycles. The molecule has 2 unspecified atom stereocenters. The highest BCUT2D eigenvalue weighted by Gasteiger charge is 2.52. The number of thiophene rings is 1. The van der Waals surface area contributed by atoms with Gasteiger partial charge in [0.15, 0.2) is 0 Å². The number of amides is 1. The molecule has 8 rings (SSSR count). The van der Waals surface area contributed by atoms with Gasteiger partial charge >= 0.3 is 0 Å². The van der Waals surface area contributed by atoms with Gasteiger partial charge in [0, 0.05) is 45.8 Å². The molecule has 3 aromatic carbocycles. The average molecular weight is 463 g/mol. The fourth-order valence-corrected chi connectivity index (χ4v) is 7.75. The van der Waals surface area contributed by atoms with Crippen molar-refractivity contribution >= 4 is 39.0 Å². The molecule has 1 amide bonds. The summed E-state index contributed by atoms with van der Waals surface area (Å²) in [6.07, 6.45) is 2.00. The predicted octanol–water partition coefficient (Wildman–Crippen LogP) is 6.44. The summed E-state index contributed by atoms with van der Waals surface area (Å²) in [5.74, 6) is 0.0560. The van der Waals surface area contributed by atoms with E-state index in [-0.39, 0.29) is 11.8 Å². The van der Waals surface area contributed by atoms with Crippen LogP contribution in [-0.4, -0.2) is 17.5 Å². The Kier molecular flexibility index (Phi) is 3.67. The molecule has 0 spiro atoms. The maximum Gasteiger partial charge on any atom is 0.252 e. The number of aromatic amines is 1. The topological polar surface area (TPSA) is 54.1 Å². The van der Waals surface area contributed by atoms with Gasteiger partial charge in [-0.3, -0.25) is 4.79 Å². The van der Waals surface area contributed by atoms with Crippen LogP contribution in [0.5, 0.6) is 0 Å². The number of hydrogen-bond donors (Lipinski definition) is 2. The number of carbonyl (C=O) groups is 1. The Balaban J connectivity index is 1.58. The number of rotatable bonds is 2. The lowest BCUT2D eigenvalue weighted by atomic mass is 9.76. The molecule has 1 aliphatic carbocycles. The normalized spacial score (nSPS) is 22.8. The fraction of sp³-hybridized carbons (Fsp3) is 0.207. The van der Waals surface area contributed by atoms with Gasteiger partial charge in [-0.05, 0) is 52.6 Å². The molecule has 4 heterocycles. The van der Waals surface area contributed by atoms with Gasteiger partial charge in [-0.2, -0.15) is 0 Å². The number of nitrogens with one attached hydrogen (secondary N) is 2. The second-order valence-electron chi connectivity index (χ2n) is 9.58. The van der Waals surface area contributed by atoms with Gasteiger partial charge in [0.2, 0.25) is 0 Å². The number of benzene rings is 3. The van der Waals surface area contributed by atoms with Gasteiger partial charge in [0.05, 0.1) is 11.1 Å². The van der Waals surface area contributed by atoms with Gasteiger partial charge in [-0.15, -0.1) is 11.3 Å². The Bertz CT molecular complexity index is 1640. The lowest BCUT2D eigenvalue weighted by molar-refractivity contribution is -0.00970. The van der Waals surface area contributed by atoms with Crippen LogP contribution in [0.15, 0.2) is 66.0 Å². The minimum Gasteiger partial charge on any atom is -0.368 e. The summed E-state index contributed by atoms with van der Waals surface area (Å²) in [7, 11) is 0. The highest BCUT2D eigenvalue weighted by atomic mass is 32.1. The molecule has 2 aliphatic heterocycles. The Morgan fingerprint density at radius 2 is 1.88 bits per heavy atom. The first kappa shape index (κ1) is 19.0. The van der Waals surface area contributed by atoms with E-state index >= 15 is 0 Å². The number of para-hydroxylation sites is 1. The number of H-pyrrole nitrogens is 1. The van der Waals surface area contributed by atoms with E-state index in [1.807, 2.05) is 0 Å². The van der Waals surface area contributed by atoms with Crippen LogP contribution in [0, 0.1) is 0 Å². The van der Waals surface area contributed by atoms with E-state index in [9.17, 15) is 4.79 Å². The van der Waals surface area contributed by atoms with Crippen LogP contribution in [0.1, 0.15) is 50.7 Å². The van der Waals surface area contributed by atoms with Crippen molar-refractivity contribution in [1.29, 1.82) is 0 Å². The van der Waals surface area contributed by atoms with Crippen molar-refractivity contribution in [1.82, 2.24) is 10.3 Å². The Hall–Kier alpha value is -3.41. The van der Waals surface area contributed by atoms with Crippen molar-refractivity contribution in [2.24, 2.45) is 0 Å². The molecule has 0 saturated carbocycles. The van der Waals surface area contributed by atoms with E-state index in [2.05, 4.69) is 76.3 Å². The third kappa shape index (κ3) is 2.19. The number of carbonyl (C=O) groups excluding carboxylic acids is 1. The number of aromatic nitrogens is 1. The van der Waals surface area contributed by atoms with E-state index < -0.39 is 5.60 Å². The molecule has 2 N–H and O–H groups in total. The van der Waals surface area contributed by atoms with E-state index in [0.717, 1.165) is 47.2 Å². The highest BCUT2D eigenvalue weighted by Crippen LogP contribution is 2.61. The summed E-state index contributed by atoms with van der Waals surface area (Å²) in [6.45, 7) is 1.33. The van der Waals surface area contributed by atoms with Gasteiger partial charge in [0.25, 0.3) is 5.91 Å². The molecule has 5 aromatic rings. The predicted molar refractivity (Wildman–Crippen MR) is 135 cm³/mol. The van der Waals surface area contributed by atoms with Crippen molar-refractivity contribution in [3.63, 3.8) is 0 Å². The summed E-state index contributed by atoms with van der Waals surface area (Å²) in [6, 6.07) is 21.4. The van der Waals surface area contributed by atoms with Gasteiger partial charge in [-0.1, -0.05) is 48.5 Å². The molecule has 2 atom stereocenters. The zero-order valence-electron chi connectivity index (χ0n) is 18.5. The number of fused-ring (bicyclic) bond motifs is 10. The second-order valence-corrected chi connectivity index (χ2v) is 10.5. The van der Waals surface area contributed by atoms with Crippen molar-refractivity contribution < 1.29 is 9.53 Å². The third-order valence-electron chi connectivity index (χ3n) is 8.04. The highest BCUT2D eigenvalue weighted by molar-refractivity contribution is 7.10. The maximum atomic E-state index is 13.3. The van der Waals surface area contributed by atoms with Gasteiger partial charge < -0.3 is 15.0 Å². The largest absolute Gasteiger partial charge is 0.368 e. The van der Waals surface area contributed by atoms with E-state index in [0.29, 0.717) is 6.54 Å². The lowest BCUT2D eigenvalue weighted by Crippen LogP contribution is -2.32. The summed E-state index contributed by atoms with van der Waals surface area (Å²) in [5, 5.41) is 7.64. The second kappa shape index (κ2) is 6.59. The maximum absolute atomic E-state index is 13.3. The van der Waals surface area contributed by atoms with Crippen LogP contribution in [0.25, 0.3) is 32.9 Å². The van der Waals surface area contributed by atoms with Crippen LogP contribution < -0.4 is 5.32 Å². The fourth-order valence-electron chi connectivity index (χ4n) is 6.81. The summed E-state index contributed by atoms with van der Waals surface area (Å²) >= 11 is 1.78. The van der Waals surface area contributed by atoms with Crippen LogP contribution in [0.3, 0.4) is 0 Å². The zero-order chi connectivity index (χ0) is 22.4. The number of hydrogen-bond acceptors (Lipinski definition) is 3. The SMILES string of the molecule is O=C1NCc2c1c1c(c3[nH]c4ccccc4c23)C(C2(c3cccs3)CCCO2)c2ccccc2-1. The van der Waals surface area contributed by atoms with E-state index in [4.69, 9.17) is 4.74 Å². The average Bonchev–Trinajstić information content (AvgIpc) is 3.67. The molecule has 1 saturated heterocycles. The lowest BCUT2D eigenvalue weighted by Gasteiger charge is -2.35. The minimum absolute atomic E-state index is 0.0223. The van der Waals surface area contributed by atoms with Crippen molar-refractivity contribution in [2.75, 3.05) is 6.61 Å². The van der Waals surface area contributed by atoms with Crippen molar-refractivity contribution in [3.05, 3.63) is 93.2 Å². The first-order valence-electron chi connectivity index (χ1n) is 11.9. The number of ether oxygens (including phenoxy) is 1. The van der Waals surface area contributed by atoms with Crippen molar-refractivity contribution in [3.8, 4) is 11.1 Å². The van der Waals surface area contributed by atoms with Crippen LogP contribution in [0.4, 0.5) is 0 Å². The molecular formula is C29H22N2O2S. The van der Waals surface area contributed by atoms with E-state index in [1.165, 1.54) is 32.3 Å². The summed E-state index contributed by atoms with van der Waals surface area (Å²) in [4.78, 5) is 18.4. The monoisotopic (exact) mass is 462 g/mol. The van der Waals surface area contributed by atoms with Crippen LogP contribution in [0.2, 0.25) is 0 Å². The molecule has 0 bridgehead atoms. The molecule has 5 heteroatoms. The molecular weight excluding hydrogens is 440 g/mol. The molecule has 0 radical (unpaired) electrons. The first-order valence-corrected chi connectivity index (χ1v) is 12.8. The molecule has 4 nitrogen and oxygen atoms in total. The summed E-state index contributed by atoms with van der Waals surface area (Å²) in [5.41, 5.74) is 8.55. The molecule has 3 aliphatic rings. The summed E-state index contributed by atoms with van der Waals surface area (Å²) < 4.78 is 6.75. The third-order valence-corrected chi connectivity index (χ3v) is 9.07. The Labute approximate surface area is 200 Å². The zero-order valence-corrected chi connectivity index (χ0v) is 19.3. The molecule has 166 valence electrons. The van der Waals surface area contributed by atoms with Gasteiger partial charge in [0.1, 0.15) is 5.60 Å². The quantitative estimate of drug-likeness (QED) is 0.317. The molecule has 34 heavy (non-hydrogen) atoms. The van der Waals surface area contributed by atoms with Gasteiger partial charge in [-0.25, -0.2) is 0 Å². The Morgan fingerprint density at radius 1 is 1.00 bits per heavy atom. The smallest absolute Gasteiger partial charge is 0.252 e. The molecule has 1 fully saturated rings. The minimum atomic E-state index is -0.428. The first-order chi connectivity index (χ1) is 16.8. The standard InChI is InChI=1S/C29H22N2O2S/c32-28-24-19(15-30-28)22-18-9-3-4-10-20(18)31-27(22)25-23(24)16-7-1-2-8-17(16)26(25)29(12-6-13-33-29)21-11-5-14-34-21/h1-5,7-11,14,26,31H,6,12-13,15H2,(H,30,32). The Morgan fingerprint density at radius 3 is 2.74 bits per heavy atom. The van der Waals surface area contributed by atoms with Crippen LogP contribution >= 0.6 is 11.3 Å². The van der Waals surface area contributed by atoms with Crippen LogP contribution in [-0.2, 0) is 16.9 Å².